The van der Waals surface area contributed by atoms with Crippen molar-refractivity contribution in [3.8, 4) is 11.1 Å². The van der Waals surface area contributed by atoms with Gasteiger partial charge in [-0.25, -0.2) is 0 Å². The molecule has 2 aliphatic rings. The normalized spacial score (nSPS) is 15.6. The van der Waals surface area contributed by atoms with Gasteiger partial charge in [-0.05, 0) is 0 Å². The summed E-state index contributed by atoms with van der Waals surface area (Å²) in [6, 6.07) is 13.6. The van der Waals surface area contributed by atoms with Crippen LogP contribution in [0, 0.1) is 13.8 Å². The Bertz CT molecular complexity index is 1370. The first-order chi connectivity index (χ1) is 21.6. The Balaban J connectivity index is 1.87. The van der Waals surface area contributed by atoms with Gasteiger partial charge in [0.25, 0.3) is 0 Å². The van der Waals surface area contributed by atoms with Crippen LogP contribution in [0.1, 0.15) is 102 Å². The zero-order valence-electron chi connectivity index (χ0n) is 31.9. The molecule has 3 heteroatoms. The van der Waals surface area contributed by atoms with Crippen molar-refractivity contribution in [1.29, 1.82) is 0 Å². The second kappa shape index (κ2) is 15.3. The van der Waals surface area contributed by atoms with E-state index in [2.05, 4.69) is 116 Å². The number of unbranched alkanes of at least 4 members (excludes halogenated alkanes) is 4. The average molecular weight is 734 g/mol. The molecule has 0 heterocycles. The molecule has 0 radical (unpaired) electrons. The molecule has 0 N–H and O–H groups in total. The van der Waals surface area contributed by atoms with E-state index in [1.165, 1.54) is 95.7 Å². The van der Waals surface area contributed by atoms with Crippen molar-refractivity contribution < 1.29 is 18.3 Å². The molecular weight excluding hydrogens is 664 g/mol. The Hall–Kier alpha value is -0.893. The van der Waals surface area contributed by atoms with Crippen LogP contribution < -0.4 is 0 Å². The summed E-state index contributed by atoms with van der Waals surface area (Å²) >= 11 is -3.84. The number of allylic oxidation sites excluding steroid dienone is 4. The number of benzene rings is 2. The molecule has 0 bridgehead atoms. The molecule has 0 aliphatic heterocycles. The van der Waals surface area contributed by atoms with E-state index in [4.69, 9.17) is 4.21 Å². The van der Waals surface area contributed by atoms with Crippen molar-refractivity contribution in [2.45, 2.75) is 159 Å². The Morgan fingerprint density at radius 1 is 0.609 bits per heavy atom. The van der Waals surface area contributed by atoms with Gasteiger partial charge in [0.1, 0.15) is 0 Å². The third-order valence-corrected chi connectivity index (χ3v) is 34.4. The second-order valence-electron chi connectivity index (χ2n) is 18.3. The molecule has 4 rings (SSSR count). The second-order valence-corrected chi connectivity index (χ2v) is 45.6. The maximum atomic E-state index is 5.72. The summed E-state index contributed by atoms with van der Waals surface area (Å²) in [5.74, 6) is 0. The van der Waals surface area contributed by atoms with Gasteiger partial charge in [0.05, 0.1) is 0 Å². The van der Waals surface area contributed by atoms with Gasteiger partial charge >= 0.3 is 291 Å². The van der Waals surface area contributed by atoms with E-state index >= 15 is 0 Å². The van der Waals surface area contributed by atoms with E-state index in [1.54, 1.807) is 33.4 Å². The van der Waals surface area contributed by atoms with Crippen LogP contribution in [0.2, 0.25) is 63.3 Å². The van der Waals surface area contributed by atoms with Crippen LogP contribution in [0.4, 0.5) is 0 Å². The fraction of sp³-hybridized carbons (Fsp3) is 0.605. The van der Waals surface area contributed by atoms with Gasteiger partial charge in [0.2, 0.25) is 0 Å². The molecule has 2 aliphatic carbocycles. The van der Waals surface area contributed by atoms with Crippen LogP contribution in [0.3, 0.4) is 0 Å². The Morgan fingerprint density at radius 2 is 1.02 bits per heavy atom. The molecule has 46 heavy (non-hydrogen) atoms. The number of rotatable bonds is 18. The number of hydrogen-bond donors (Lipinski definition) is 0. The minimum absolute atomic E-state index is 0.515. The van der Waals surface area contributed by atoms with Gasteiger partial charge in [-0.15, -0.1) is 0 Å². The first kappa shape index (κ1) is 37.9. The summed E-state index contributed by atoms with van der Waals surface area (Å²) in [4.78, 5) is 0. The number of fused-ring (bicyclic) bond motifs is 3. The van der Waals surface area contributed by atoms with Crippen molar-refractivity contribution >= 4 is 20.4 Å². The quantitative estimate of drug-likeness (QED) is 0.106. The van der Waals surface area contributed by atoms with Crippen LogP contribution in [0.5, 0.6) is 0 Å². The molecule has 2 aromatic rings. The topological polar surface area (TPSA) is 0 Å². The summed E-state index contributed by atoms with van der Waals surface area (Å²) in [7, 11) is -1.98. The van der Waals surface area contributed by atoms with Gasteiger partial charge in [-0.2, -0.15) is 0 Å². The maximum absolute atomic E-state index is 5.72. The average Bonchev–Trinajstić information content (AvgIpc) is 3.62. The molecule has 0 atom stereocenters. The molecule has 0 spiro atoms. The van der Waals surface area contributed by atoms with E-state index in [0.717, 1.165) is 0 Å². The van der Waals surface area contributed by atoms with Crippen LogP contribution in [0.25, 0.3) is 11.1 Å². The van der Waals surface area contributed by atoms with E-state index in [1.807, 2.05) is 0 Å². The summed E-state index contributed by atoms with van der Waals surface area (Å²) in [5.41, 5.74) is 12.7. The predicted molar refractivity (Wildman–Crippen MR) is 214 cm³/mol. The molecule has 0 nitrogen and oxygen atoms in total. The molecule has 254 valence electrons. The van der Waals surface area contributed by atoms with Crippen molar-refractivity contribution in [1.82, 2.24) is 0 Å². The van der Waals surface area contributed by atoms with Crippen LogP contribution in [-0.4, -0.2) is 20.4 Å². The standard InChI is InChI=1S/C29H45Si2.C5H5.2C4H9.CH2.Zr/c1-22-17-26-19-27-18-23(2)25(14-10-12-16-31(6,7)8)21-29(27)28(26)20-24(22)13-9-11-15-30(3,4)5;1-2-4-5-3-1;2*1-3-4-2;;/h17-21H,9-16H2,1-8H3;1-5H;2*1,3-4H2,2H3;1H2;. The molecule has 0 amide bonds. The monoisotopic (exact) mass is 732 g/mol. The molecular formula is C43H70Si2Zr. The van der Waals surface area contributed by atoms with Crippen LogP contribution >= 0.6 is 0 Å². The molecule has 2 aromatic carbocycles. The summed E-state index contributed by atoms with van der Waals surface area (Å²) in [6.45, 7) is 24.8. The van der Waals surface area contributed by atoms with E-state index < -0.39 is 34.4 Å². The molecule has 0 aromatic heterocycles. The number of hydrogen-bond acceptors (Lipinski definition) is 0. The molecule has 0 saturated carbocycles. The predicted octanol–water partition coefficient (Wildman–Crippen LogP) is 14.2. The summed E-state index contributed by atoms with van der Waals surface area (Å²) in [6.07, 6.45) is 22.9. The van der Waals surface area contributed by atoms with Gasteiger partial charge in [0, 0.05) is 0 Å². The Labute approximate surface area is 288 Å². The van der Waals surface area contributed by atoms with E-state index in [-0.39, 0.29) is 0 Å². The van der Waals surface area contributed by atoms with Gasteiger partial charge in [-0.1, -0.05) is 0 Å². The first-order valence-electron chi connectivity index (χ1n) is 19.3. The van der Waals surface area contributed by atoms with E-state index in [9.17, 15) is 0 Å². The van der Waals surface area contributed by atoms with Crippen LogP contribution in [-0.2, 0) is 31.1 Å². The third-order valence-electron chi connectivity index (χ3n) is 11.9. The Kier molecular flexibility index (Phi) is 12.6. The minimum atomic E-state index is -3.84. The van der Waals surface area contributed by atoms with Crippen molar-refractivity contribution in [2.75, 3.05) is 0 Å². The number of aryl methyl sites for hydroxylation is 4. The van der Waals surface area contributed by atoms with Gasteiger partial charge in [-0.3, -0.25) is 0 Å². The van der Waals surface area contributed by atoms with Crippen LogP contribution in [0.15, 0.2) is 48.6 Å². The van der Waals surface area contributed by atoms with Crippen molar-refractivity contribution in [3.63, 3.8) is 0 Å². The molecule has 0 fully saturated rings. The van der Waals surface area contributed by atoms with Gasteiger partial charge < -0.3 is 0 Å². The van der Waals surface area contributed by atoms with Crippen molar-refractivity contribution in [2.24, 2.45) is 0 Å². The fourth-order valence-electron chi connectivity index (χ4n) is 9.13. The third kappa shape index (κ3) is 8.63. The Morgan fingerprint density at radius 3 is 1.39 bits per heavy atom. The van der Waals surface area contributed by atoms with Crippen molar-refractivity contribution in [3.05, 3.63) is 82.0 Å². The first-order valence-corrected chi connectivity index (χ1v) is 34.7. The fourth-order valence-corrected chi connectivity index (χ4v) is 31.0. The summed E-state index contributed by atoms with van der Waals surface area (Å²) < 4.78 is 9.54. The van der Waals surface area contributed by atoms with E-state index in [0.29, 0.717) is 7.25 Å². The molecule has 0 unspecified atom stereocenters. The van der Waals surface area contributed by atoms with Gasteiger partial charge in [0.15, 0.2) is 0 Å². The molecule has 0 saturated heterocycles. The SMILES string of the molecule is [CH2]=[Zr]([CH2]CCC)([CH2]CCC)([CH]1C=CC=C1)[CH]1c2cc(C)c(CCCC[Si](C)(C)C)cc2-c2cc(CCCC[Si](C)(C)C)c(C)cc21. The summed E-state index contributed by atoms with van der Waals surface area (Å²) in [5, 5.41) is 0. The zero-order valence-corrected chi connectivity index (χ0v) is 36.3. The zero-order chi connectivity index (χ0) is 33.8.